The minimum atomic E-state index is -0.597. The van der Waals surface area contributed by atoms with E-state index in [0.29, 0.717) is 42.0 Å². The first-order valence-electron chi connectivity index (χ1n) is 12.1. The van der Waals surface area contributed by atoms with Crippen molar-refractivity contribution in [3.8, 4) is 11.6 Å². The lowest BCUT2D eigenvalue weighted by molar-refractivity contribution is -0.0454. The third-order valence-electron chi connectivity index (χ3n) is 6.34. The molecule has 2 aliphatic rings. The Morgan fingerprint density at radius 1 is 1.14 bits per heavy atom. The summed E-state index contributed by atoms with van der Waals surface area (Å²) in [6.07, 6.45) is 2.65. The molecule has 0 radical (unpaired) electrons. The number of nitrogens with zero attached hydrogens (tertiary/aromatic N) is 5. The third-order valence-corrected chi connectivity index (χ3v) is 6.62. The Labute approximate surface area is 215 Å². The van der Waals surface area contributed by atoms with Crippen LogP contribution in [0.3, 0.4) is 0 Å². The van der Waals surface area contributed by atoms with Crippen LogP contribution in [-0.4, -0.2) is 46.4 Å². The van der Waals surface area contributed by atoms with Gasteiger partial charge in [0.2, 0.25) is 11.8 Å². The smallest absolute Gasteiger partial charge is 0.232 e. The van der Waals surface area contributed by atoms with E-state index in [1.807, 2.05) is 24.3 Å². The highest BCUT2D eigenvalue weighted by Gasteiger charge is 2.33. The third kappa shape index (κ3) is 5.18. The summed E-state index contributed by atoms with van der Waals surface area (Å²) in [5, 5.41) is 5.68. The molecule has 0 bridgehead atoms. The number of anilines is 1. The molecule has 0 unspecified atom stereocenters. The maximum absolute atomic E-state index is 6.19. The Hall–Kier alpha value is -3.15. The first-order chi connectivity index (χ1) is 17.5. The fraction of sp³-hybridized carbons (Fsp3) is 0.440. The van der Waals surface area contributed by atoms with E-state index < -0.39 is 6.29 Å². The van der Waals surface area contributed by atoms with E-state index >= 15 is 0 Å². The summed E-state index contributed by atoms with van der Waals surface area (Å²) in [5.74, 6) is 3.69. The molecule has 2 N–H and O–H groups in total. The van der Waals surface area contributed by atoms with Crippen molar-refractivity contribution in [1.82, 2.24) is 20.1 Å². The molecule has 190 valence electrons. The van der Waals surface area contributed by atoms with Crippen LogP contribution in [0.4, 0.5) is 5.82 Å². The van der Waals surface area contributed by atoms with Gasteiger partial charge < -0.3 is 29.4 Å². The maximum Gasteiger partial charge on any atom is 0.232 e. The molecule has 0 saturated carbocycles. The van der Waals surface area contributed by atoms with Gasteiger partial charge in [-0.05, 0) is 48.1 Å². The molecule has 2 aliphatic heterocycles. The van der Waals surface area contributed by atoms with Gasteiger partial charge in [0.05, 0.1) is 13.2 Å². The normalized spacial score (nSPS) is 17.8. The molecule has 4 heterocycles. The number of aromatic nitrogens is 4. The molecule has 36 heavy (non-hydrogen) atoms. The van der Waals surface area contributed by atoms with Crippen molar-refractivity contribution >= 4 is 24.1 Å². The molecular weight excluding hydrogens is 480 g/mol. The van der Waals surface area contributed by atoms with Crippen LogP contribution < -0.4 is 15.4 Å². The quantitative estimate of drug-likeness (QED) is 0.443. The van der Waals surface area contributed by atoms with Crippen molar-refractivity contribution in [1.29, 1.82) is 0 Å². The number of benzene rings is 1. The van der Waals surface area contributed by atoms with Crippen LogP contribution in [0.1, 0.15) is 67.7 Å². The van der Waals surface area contributed by atoms with Gasteiger partial charge in [0.15, 0.2) is 12.1 Å². The van der Waals surface area contributed by atoms with Crippen molar-refractivity contribution in [2.75, 3.05) is 31.2 Å². The second-order valence-electron chi connectivity index (χ2n) is 9.11. The molecule has 3 aromatic rings. The van der Waals surface area contributed by atoms with E-state index in [-0.39, 0.29) is 11.8 Å². The monoisotopic (exact) mass is 510 g/mol. The van der Waals surface area contributed by atoms with Gasteiger partial charge in [-0.1, -0.05) is 19.0 Å². The van der Waals surface area contributed by atoms with Crippen LogP contribution in [-0.2, 0) is 9.47 Å². The van der Waals surface area contributed by atoms with Gasteiger partial charge in [0.1, 0.15) is 23.5 Å². The van der Waals surface area contributed by atoms with Crippen LogP contribution in [0.25, 0.3) is 5.70 Å². The molecule has 1 aromatic carbocycles. The second kappa shape index (κ2) is 10.9. The van der Waals surface area contributed by atoms with E-state index in [4.69, 9.17) is 24.5 Å². The van der Waals surface area contributed by atoms with Gasteiger partial charge >= 0.3 is 0 Å². The number of hydrogen-bond acceptors (Lipinski definition) is 11. The lowest BCUT2D eigenvalue weighted by Crippen LogP contribution is -2.34. The Bertz CT molecular complexity index is 1200. The van der Waals surface area contributed by atoms with Crippen LogP contribution in [0.5, 0.6) is 11.6 Å². The van der Waals surface area contributed by atoms with E-state index in [9.17, 15) is 0 Å². The van der Waals surface area contributed by atoms with Gasteiger partial charge in [0, 0.05) is 30.6 Å². The summed E-state index contributed by atoms with van der Waals surface area (Å²) >= 11 is 4.11. The van der Waals surface area contributed by atoms with E-state index in [2.05, 4.69) is 51.5 Å². The fourth-order valence-corrected chi connectivity index (χ4v) is 4.47. The SMILES string of the molecule is CC(C)c1noc(C2CCN(c3ncnc(Oc4ccc(/C(N)=C/S)cc4)c3C3OCCO3)CC2)n1. The standard InChI is InChI=1S/C25H30N6O4S/c1-15(2)21-29-23(35-30-21)17-7-9-31(10-8-17)22-20(25-32-11-12-33-25)24(28-14-27-22)34-18-5-3-16(4-6-18)19(26)13-36/h3-6,13-15,17,25,36H,7-12,26H2,1-2H3/b19-13-. The van der Waals surface area contributed by atoms with Gasteiger partial charge in [-0.3, -0.25) is 0 Å². The molecule has 2 fully saturated rings. The zero-order valence-corrected chi connectivity index (χ0v) is 21.2. The predicted octanol–water partition coefficient (Wildman–Crippen LogP) is 4.39. The number of rotatable bonds is 7. The number of piperidine rings is 1. The Kier molecular flexibility index (Phi) is 7.40. The first kappa shape index (κ1) is 24.5. The highest BCUT2D eigenvalue weighted by Crippen LogP contribution is 2.40. The van der Waals surface area contributed by atoms with Gasteiger partial charge in [-0.2, -0.15) is 4.98 Å². The Morgan fingerprint density at radius 3 is 2.50 bits per heavy atom. The van der Waals surface area contributed by atoms with E-state index in [1.54, 1.807) is 5.41 Å². The van der Waals surface area contributed by atoms with Gasteiger partial charge in [-0.25, -0.2) is 9.97 Å². The van der Waals surface area contributed by atoms with Crippen molar-refractivity contribution in [2.45, 2.75) is 44.8 Å². The van der Waals surface area contributed by atoms with Crippen LogP contribution in [0.15, 0.2) is 40.5 Å². The number of thiol groups is 1. The minimum absolute atomic E-state index is 0.221. The summed E-state index contributed by atoms with van der Waals surface area (Å²) in [4.78, 5) is 15.9. The topological polar surface area (TPSA) is 122 Å². The summed E-state index contributed by atoms with van der Waals surface area (Å²) < 4.78 is 23.4. The van der Waals surface area contributed by atoms with Crippen molar-refractivity contribution < 1.29 is 18.7 Å². The first-order valence-corrected chi connectivity index (χ1v) is 12.6. The molecule has 2 saturated heterocycles. The Balaban J connectivity index is 1.37. The molecule has 0 aliphatic carbocycles. The number of ether oxygens (including phenoxy) is 3. The zero-order valence-electron chi connectivity index (χ0n) is 20.3. The van der Waals surface area contributed by atoms with Crippen LogP contribution in [0, 0.1) is 0 Å². The summed E-state index contributed by atoms with van der Waals surface area (Å²) in [7, 11) is 0. The molecule has 10 nitrogen and oxygen atoms in total. The molecule has 5 rings (SSSR count). The highest BCUT2D eigenvalue weighted by atomic mass is 32.1. The molecule has 2 aromatic heterocycles. The van der Waals surface area contributed by atoms with Gasteiger partial charge in [0.25, 0.3) is 0 Å². The molecule has 0 amide bonds. The van der Waals surface area contributed by atoms with Crippen molar-refractivity contribution in [2.24, 2.45) is 5.73 Å². The molecule has 11 heteroatoms. The molecule has 0 atom stereocenters. The molecular formula is C25H30N6O4S. The minimum Gasteiger partial charge on any atom is -0.438 e. The van der Waals surface area contributed by atoms with Gasteiger partial charge in [-0.15, -0.1) is 12.6 Å². The van der Waals surface area contributed by atoms with Crippen LogP contribution in [0.2, 0.25) is 0 Å². The lowest BCUT2D eigenvalue weighted by atomic mass is 9.96. The molecule has 0 spiro atoms. The number of nitrogens with two attached hydrogens (primary N) is 1. The predicted molar refractivity (Wildman–Crippen MR) is 137 cm³/mol. The largest absolute Gasteiger partial charge is 0.438 e. The van der Waals surface area contributed by atoms with Crippen molar-refractivity contribution in [3.05, 3.63) is 58.8 Å². The van der Waals surface area contributed by atoms with E-state index in [0.717, 1.165) is 43.1 Å². The second-order valence-corrected chi connectivity index (χ2v) is 9.37. The summed E-state index contributed by atoms with van der Waals surface area (Å²) in [5.41, 5.74) is 8.06. The lowest BCUT2D eigenvalue weighted by Gasteiger charge is -2.33. The van der Waals surface area contributed by atoms with Crippen molar-refractivity contribution in [3.63, 3.8) is 0 Å². The zero-order chi connectivity index (χ0) is 25.1. The Morgan fingerprint density at radius 2 is 1.86 bits per heavy atom. The average molecular weight is 511 g/mol. The maximum atomic E-state index is 6.19. The summed E-state index contributed by atoms with van der Waals surface area (Å²) in [6, 6.07) is 7.41. The van der Waals surface area contributed by atoms with E-state index in [1.165, 1.54) is 6.33 Å². The van der Waals surface area contributed by atoms with Crippen LogP contribution >= 0.6 is 12.6 Å². The summed E-state index contributed by atoms with van der Waals surface area (Å²) in [6.45, 7) is 6.65. The highest BCUT2D eigenvalue weighted by molar-refractivity contribution is 7.83. The average Bonchev–Trinajstić information content (AvgIpc) is 3.62. The fourth-order valence-electron chi connectivity index (χ4n) is 4.32. The number of hydrogen-bond donors (Lipinski definition) is 2.